The number of rotatable bonds is 3. The number of hydrogen-bond donors (Lipinski definition) is 1. The molecule has 0 spiro atoms. The molecule has 0 fully saturated rings. The number of aryl methyl sites for hydroxylation is 2. The van der Waals surface area contributed by atoms with Crippen molar-refractivity contribution < 1.29 is 12.9 Å². The highest BCUT2D eigenvalue weighted by Gasteiger charge is 2.21. The summed E-state index contributed by atoms with van der Waals surface area (Å²) in [6.45, 7) is 3.46. The molecule has 0 amide bonds. The normalized spacial score (nSPS) is 11.6. The topological polar surface area (TPSA) is 85.1 Å². The molecule has 0 aliphatic heterocycles. The van der Waals surface area contributed by atoms with Gasteiger partial charge in [0.15, 0.2) is 5.82 Å². The number of hydrogen-bond acceptors (Lipinski definition) is 5. The maximum absolute atomic E-state index is 12.2. The molecule has 0 saturated carbocycles. The van der Waals surface area contributed by atoms with Crippen LogP contribution in [0.2, 0.25) is 0 Å². The Bertz CT molecular complexity index is 728. The van der Waals surface area contributed by atoms with Crippen LogP contribution in [0.3, 0.4) is 0 Å². The second-order valence-electron chi connectivity index (χ2n) is 3.78. The van der Waals surface area contributed by atoms with Crippen LogP contribution in [0.15, 0.2) is 30.5 Å². The van der Waals surface area contributed by atoms with Gasteiger partial charge in [0, 0.05) is 8.95 Å². The minimum absolute atomic E-state index is 0.0841. The molecule has 0 aliphatic carbocycles. The molecule has 0 saturated heterocycles. The Labute approximate surface area is 126 Å². The molecule has 0 aliphatic rings. The summed E-state index contributed by atoms with van der Waals surface area (Å²) >= 11 is 6.53. The van der Waals surface area contributed by atoms with Gasteiger partial charge in [0.05, 0.1) is 0 Å². The van der Waals surface area contributed by atoms with Crippen molar-refractivity contribution >= 4 is 47.9 Å². The standard InChI is InChI=1S/C10H9Br2N3O3S/c1-5-3-8(12)9(4-7(5)11)19(16,17)15-10-13-6(2)14-18-10/h3-4H,1-2H3,(H,13,14,15). The molecule has 1 aromatic carbocycles. The molecule has 102 valence electrons. The highest BCUT2D eigenvalue weighted by Crippen LogP contribution is 2.29. The van der Waals surface area contributed by atoms with E-state index in [1.54, 1.807) is 13.0 Å². The van der Waals surface area contributed by atoms with E-state index >= 15 is 0 Å². The lowest BCUT2D eigenvalue weighted by Crippen LogP contribution is -2.14. The quantitative estimate of drug-likeness (QED) is 0.840. The zero-order chi connectivity index (χ0) is 14.2. The Kier molecular flexibility index (Phi) is 3.98. The van der Waals surface area contributed by atoms with Crippen molar-refractivity contribution in [2.45, 2.75) is 18.7 Å². The third kappa shape index (κ3) is 3.15. The van der Waals surface area contributed by atoms with Crippen molar-refractivity contribution in [2.75, 3.05) is 4.72 Å². The Morgan fingerprint density at radius 3 is 2.47 bits per heavy atom. The van der Waals surface area contributed by atoms with Crippen LogP contribution >= 0.6 is 31.9 Å². The monoisotopic (exact) mass is 409 g/mol. The van der Waals surface area contributed by atoms with Gasteiger partial charge in [-0.2, -0.15) is 4.98 Å². The molecule has 9 heteroatoms. The second kappa shape index (κ2) is 5.22. The van der Waals surface area contributed by atoms with Crippen LogP contribution in [-0.4, -0.2) is 18.6 Å². The van der Waals surface area contributed by atoms with Crippen LogP contribution in [0.25, 0.3) is 0 Å². The fraction of sp³-hybridized carbons (Fsp3) is 0.200. The van der Waals surface area contributed by atoms with Crippen LogP contribution in [0.5, 0.6) is 0 Å². The number of nitrogens with zero attached hydrogens (tertiary/aromatic N) is 2. The second-order valence-corrected chi connectivity index (χ2v) is 7.14. The molecule has 0 radical (unpaired) electrons. The Morgan fingerprint density at radius 1 is 1.21 bits per heavy atom. The number of nitrogens with one attached hydrogen (secondary N) is 1. The summed E-state index contributed by atoms with van der Waals surface area (Å²) in [5, 5.41) is 3.51. The van der Waals surface area contributed by atoms with Gasteiger partial charge < -0.3 is 4.52 Å². The summed E-state index contributed by atoms with van der Waals surface area (Å²) in [6.07, 6.45) is 0. The predicted octanol–water partition coefficient (Wildman–Crippen LogP) is 3.01. The van der Waals surface area contributed by atoms with Crippen LogP contribution in [0.1, 0.15) is 11.4 Å². The van der Waals surface area contributed by atoms with Gasteiger partial charge in [0.25, 0.3) is 10.0 Å². The first-order valence-electron chi connectivity index (χ1n) is 5.08. The summed E-state index contributed by atoms with van der Waals surface area (Å²) in [5.74, 6) is 0.349. The van der Waals surface area contributed by atoms with E-state index < -0.39 is 10.0 Å². The molecule has 2 aromatic rings. The van der Waals surface area contributed by atoms with E-state index in [0.717, 1.165) is 5.56 Å². The number of halogens is 2. The summed E-state index contributed by atoms with van der Waals surface area (Å²) in [5.41, 5.74) is 0.916. The van der Waals surface area contributed by atoms with E-state index in [9.17, 15) is 8.42 Å². The maximum atomic E-state index is 12.2. The van der Waals surface area contributed by atoms with Crippen LogP contribution in [-0.2, 0) is 10.0 Å². The first kappa shape index (κ1) is 14.5. The van der Waals surface area contributed by atoms with Crippen LogP contribution in [0.4, 0.5) is 6.01 Å². The van der Waals surface area contributed by atoms with Crippen molar-refractivity contribution in [3.63, 3.8) is 0 Å². The fourth-order valence-electron chi connectivity index (χ4n) is 1.34. The Hall–Kier alpha value is -0.930. The average Bonchev–Trinajstić information content (AvgIpc) is 2.68. The molecule has 1 N–H and O–H groups in total. The van der Waals surface area contributed by atoms with Gasteiger partial charge in [0.2, 0.25) is 0 Å². The largest absolute Gasteiger partial charge is 0.335 e. The van der Waals surface area contributed by atoms with Gasteiger partial charge in [0.1, 0.15) is 4.90 Å². The zero-order valence-electron chi connectivity index (χ0n) is 9.94. The molecule has 0 atom stereocenters. The molecule has 0 unspecified atom stereocenters. The van der Waals surface area contributed by atoms with Gasteiger partial charge in [-0.15, -0.1) is 0 Å². The van der Waals surface area contributed by atoms with Crippen molar-refractivity contribution in [2.24, 2.45) is 0 Å². The average molecular weight is 411 g/mol. The molecule has 6 nitrogen and oxygen atoms in total. The van der Waals surface area contributed by atoms with E-state index in [-0.39, 0.29) is 10.9 Å². The van der Waals surface area contributed by atoms with E-state index in [4.69, 9.17) is 4.52 Å². The molecule has 2 rings (SSSR count). The lowest BCUT2D eigenvalue weighted by Gasteiger charge is -2.08. The van der Waals surface area contributed by atoms with Gasteiger partial charge in [-0.1, -0.05) is 21.1 Å². The van der Waals surface area contributed by atoms with E-state index in [2.05, 4.69) is 46.7 Å². The number of anilines is 1. The highest BCUT2D eigenvalue weighted by atomic mass is 79.9. The predicted molar refractivity (Wildman–Crippen MR) is 76.4 cm³/mol. The van der Waals surface area contributed by atoms with Gasteiger partial charge >= 0.3 is 6.01 Å². The summed E-state index contributed by atoms with van der Waals surface area (Å²) in [7, 11) is -3.79. The first-order valence-corrected chi connectivity index (χ1v) is 8.15. The maximum Gasteiger partial charge on any atom is 0.335 e. The van der Waals surface area contributed by atoms with Gasteiger partial charge in [-0.25, -0.2) is 13.1 Å². The van der Waals surface area contributed by atoms with Crippen molar-refractivity contribution in [1.82, 2.24) is 10.1 Å². The molecule has 0 bridgehead atoms. The number of benzene rings is 1. The summed E-state index contributed by atoms with van der Waals surface area (Å²) < 4.78 is 32.5. The van der Waals surface area contributed by atoms with E-state index in [1.165, 1.54) is 6.07 Å². The molecule has 19 heavy (non-hydrogen) atoms. The smallest absolute Gasteiger partial charge is 0.314 e. The fourth-order valence-corrected chi connectivity index (χ4v) is 3.95. The first-order chi connectivity index (χ1) is 8.79. The lowest BCUT2D eigenvalue weighted by molar-refractivity contribution is 0.429. The molecule has 1 heterocycles. The van der Waals surface area contributed by atoms with Crippen molar-refractivity contribution in [3.8, 4) is 0 Å². The Balaban J connectivity index is 2.42. The molecular weight excluding hydrogens is 402 g/mol. The number of sulfonamides is 1. The van der Waals surface area contributed by atoms with Crippen LogP contribution < -0.4 is 4.72 Å². The summed E-state index contributed by atoms with van der Waals surface area (Å²) in [6, 6.07) is 3.05. The third-order valence-electron chi connectivity index (χ3n) is 2.25. The van der Waals surface area contributed by atoms with E-state index in [0.29, 0.717) is 14.8 Å². The third-order valence-corrected chi connectivity index (χ3v) is 5.38. The minimum atomic E-state index is -3.79. The summed E-state index contributed by atoms with van der Waals surface area (Å²) in [4.78, 5) is 3.88. The Morgan fingerprint density at radius 2 is 1.89 bits per heavy atom. The van der Waals surface area contributed by atoms with Crippen LogP contribution in [0, 0.1) is 13.8 Å². The zero-order valence-corrected chi connectivity index (χ0v) is 13.9. The highest BCUT2D eigenvalue weighted by molar-refractivity contribution is 9.11. The van der Waals surface area contributed by atoms with E-state index in [1.807, 2.05) is 6.92 Å². The van der Waals surface area contributed by atoms with Gasteiger partial charge in [-0.3, -0.25) is 0 Å². The van der Waals surface area contributed by atoms with Gasteiger partial charge in [-0.05, 0) is 47.5 Å². The minimum Gasteiger partial charge on any atom is -0.314 e. The SMILES string of the molecule is Cc1noc(NS(=O)(=O)c2cc(Br)c(C)cc2Br)n1. The number of aromatic nitrogens is 2. The van der Waals surface area contributed by atoms with Crippen molar-refractivity contribution in [1.29, 1.82) is 0 Å². The molecular formula is C10H9Br2N3O3S. The molecule has 1 aromatic heterocycles. The van der Waals surface area contributed by atoms with Crippen molar-refractivity contribution in [3.05, 3.63) is 32.5 Å². The lowest BCUT2D eigenvalue weighted by atomic mass is 10.2.